The molecule has 94 valence electrons. The number of hydrogen-bond donors (Lipinski definition) is 1. The molecule has 0 aliphatic carbocycles. The zero-order valence-electron chi connectivity index (χ0n) is 9.74. The van der Waals surface area contributed by atoms with Crippen LogP contribution in [-0.2, 0) is 9.53 Å². The number of aromatic nitrogens is 1. The van der Waals surface area contributed by atoms with Crippen LogP contribution in [0.25, 0.3) is 0 Å². The maximum Gasteiger partial charge on any atom is 0.325 e. The van der Waals surface area contributed by atoms with Crippen LogP contribution < -0.4 is 5.32 Å². The standard InChI is InChI=1S/C10H13ClN2O4/c1-5-8(17-6(2)13-5)9(14)12-4-7(11)10(15)16-3/h7H,4H2,1-3H3,(H,12,14). The fourth-order valence-corrected chi connectivity index (χ4v) is 1.38. The van der Waals surface area contributed by atoms with E-state index in [4.69, 9.17) is 16.0 Å². The average Bonchev–Trinajstić information content (AvgIpc) is 2.63. The van der Waals surface area contributed by atoms with Gasteiger partial charge in [0.15, 0.2) is 5.89 Å². The smallest absolute Gasteiger partial charge is 0.325 e. The Morgan fingerprint density at radius 3 is 2.65 bits per heavy atom. The van der Waals surface area contributed by atoms with E-state index in [9.17, 15) is 9.59 Å². The summed E-state index contributed by atoms with van der Waals surface area (Å²) >= 11 is 5.67. The van der Waals surface area contributed by atoms with Gasteiger partial charge in [0.05, 0.1) is 12.8 Å². The van der Waals surface area contributed by atoms with Crippen molar-refractivity contribution in [2.24, 2.45) is 0 Å². The molecule has 0 aliphatic heterocycles. The largest absolute Gasteiger partial charge is 0.468 e. The number of oxazole rings is 1. The molecule has 0 aliphatic rings. The molecule has 1 heterocycles. The molecule has 1 aromatic rings. The Hall–Kier alpha value is -1.56. The number of esters is 1. The van der Waals surface area contributed by atoms with Gasteiger partial charge in [0.25, 0.3) is 5.91 Å². The Balaban J connectivity index is 2.56. The van der Waals surface area contributed by atoms with E-state index < -0.39 is 17.3 Å². The van der Waals surface area contributed by atoms with E-state index in [0.29, 0.717) is 11.6 Å². The van der Waals surface area contributed by atoms with Crippen LogP contribution in [0.3, 0.4) is 0 Å². The van der Waals surface area contributed by atoms with Crippen LogP contribution in [0.1, 0.15) is 22.1 Å². The van der Waals surface area contributed by atoms with E-state index in [1.54, 1.807) is 13.8 Å². The van der Waals surface area contributed by atoms with Crippen molar-refractivity contribution < 1.29 is 18.7 Å². The van der Waals surface area contributed by atoms with Gasteiger partial charge in [-0.25, -0.2) is 4.98 Å². The van der Waals surface area contributed by atoms with Gasteiger partial charge in [-0.2, -0.15) is 0 Å². The van der Waals surface area contributed by atoms with Crippen LogP contribution in [0.2, 0.25) is 0 Å². The summed E-state index contributed by atoms with van der Waals surface area (Å²) in [5.41, 5.74) is 0.490. The predicted molar refractivity (Wildman–Crippen MR) is 60.0 cm³/mol. The fourth-order valence-electron chi connectivity index (χ4n) is 1.22. The number of carbonyl (C=O) groups excluding carboxylic acids is 2. The van der Waals surface area contributed by atoms with Crippen LogP contribution in [0.15, 0.2) is 4.42 Å². The molecule has 0 saturated heterocycles. The monoisotopic (exact) mass is 260 g/mol. The molecule has 1 N–H and O–H groups in total. The van der Waals surface area contributed by atoms with E-state index in [-0.39, 0.29) is 12.3 Å². The molecule has 6 nitrogen and oxygen atoms in total. The lowest BCUT2D eigenvalue weighted by atomic mass is 10.3. The van der Waals surface area contributed by atoms with Crippen molar-refractivity contribution in [3.8, 4) is 0 Å². The molecule has 1 atom stereocenters. The highest BCUT2D eigenvalue weighted by Gasteiger charge is 2.20. The van der Waals surface area contributed by atoms with E-state index in [2.05, 4.69) is 15.0 Å². The second-order valence-corrected chi connectivity index (χ2v) is 3.87. The summed E-state index contributed by atoms with van der Waals surface area (Å²) in [6.07, 6.45) is 0. The van der Waals surface area contributed by atoms with E-state index in [1.165, 1.54) is 7.11 Å². The summed E-state index contributed by atoms with van der Waals surface area (Å²) in [4.78, 5) is 26.6. The number of aryl methyl sites for hydroxylation is 2. The molecule has 1 unspecified atom stereocenters. The highest BCUT2D eigenvalue weighted by atomic mass is 35.5. The SMILES string of the molecule is COC(=O)C(Cl)CNC(=O)c1oc(C)nc1C. The number of amides is 1. The quantitative estimate of drug-likeness (QED) is 0.640. The van der Waals surface area contributed by atoms with Gasteiger partial charge in [-0.15, -0.1) is 11.6 Å². The molecule has 0 radical (unpaired) electrons. The third kappa shape index (κ3) is 3.45. The van der Waals surface area contributed by atoms with Gasteiger partial charge < -0.3 is 14.5 Å². The average molecular weight is 261 g/mol. The first kappa shape index (κ1) is 13.5. The van der Waals surface area contributed by atoms with Crippen LogP contribution >= 0.6 is 11.6 Å². The highest BCUT2D eigenvalue weighted by Crippen LogP contribution is 2.09. The Morgan fingerprint density at radius 2 is 2.18 bits per heavy atom. The van der Waals surface area contributed by atoms with Gasteiger partial charge in [0.2, 0.25) is 5.76 Å². The Labute approximate surface area is 103 Å². The minimum absolute atomic E-state index is 0.0355. The van der Waals surface area contributed by atoms with Gasteiger partial charge >= 0.3 is 5.97 Å². The topological polar surface area (TPSA) is 81.4 Å². The molecule has 0 fully saturated rings. The number of methoxy groups -OCH3 is 1. The Morgan fingerprint density at radius 1 is 1.53 bits per heavy atom. The van der Waals surface area contributed by atoms with Crippen molar-refractivity contribution in [1.82, 2.24) is 10.3 Å². The molecular weight excluding hydrogens is 248 g/mol. The molecule has 1 amide bonds. The molecular formula is C10H13ClN2O4. The lowest BCUT2D eigenvalue weighted by Gasteiger charge is -2.07. The first-order valence-corrected chi connectivity index (χ1v) is 5.33. The molecule has 7 heteroatoms. The van der Waals surface area contributed by atoms with Crippen molar-refractivity contribution in [2.45, 2.75) is 19.2 Å². The third-order valence-electron chi connectivity index (χ3n) is 2.01. The molecule has 17 heavy (non-hydrogen) atoms. The van der Waals surface area contributed by atoms with Crippen molar-refractivity contribution in [2.75, 3.05) is 13.7 Å². The maximum atomic E-state index is 11.6. The number of nitrogens with zero attached hydrogens (tertiary/aromatic N) is 1. The van der Waals surface area contributed by atoms with Gasteiger partial charge in [-0.05, 0) is 6.92 Å². The summed E-state index contributed by atoms with van der Waals surface area (Å²) in [6, 6.07) is 0. The van der Waals surface area contributed by atoms with Gasteiger partial charge in [0, 0.05) is 13.5 Å². The number of halogens is 1. The normalized spacial score (nSPS) is 12.0. The van der Waals surface area contributed by atoms with Gasteiger partial charge in [-0.3, -0.25) is 9.59 Å². The maximum absolute atomic E-state index is 11.6. The third-order valence-corrected chi connectivity index (χ3v) is 2.34. The van der Waals surface area contributed by atoms with Gasteiger partial charge in [-0.1, -0.05) is 0 Å². The zero-order valence-corrected chi connectivity index (χ0v) is 10.5. The molecule has 0 saturated carbocycles. The van der Waals surface area contributed by atoms with Crippen LogP contribution in [0.4, 0.5) is 0 Å². The molecule has 0 bridgehead atoms. The minimum Gasteiger partial charge on any atom is -0.468 e. The Bertz CT molecular complexity index is 430. The number of carbonyl (C=O) groups is 2. The highest BCUT2D eigenvalue weighted by molar-refractivity contribution is 6.30. The summed E-state index contributed by atoms with van der Waals surface area (Å²) in [6.45, 7) is 3.26. The van der Waals surface area contributed by atoms with E-state index in [1.807, 2.05) is 0 Å². The van der Waals surface area contributed by atoms with Crippen LogP contribution in [0.5, 0.6) is 0 Å². The number of ether oxygens (including phenoxy) is 1. The van der Waals surface area contributed by atoms with Crippen molar-refractivity contribution in [3.63, 3.8) is 0 Å². The lowest BCUT2D eigenvalue weighted by molar-refractivity contribution is -0.140. The van der Waals surface area contributed by atoms with Gasteiger partial charge in [0.1, 0.15) is 5.38 Å². The fraction of sp³-hybridized carbons (Fsp3) is 0.500. The first-order valence-electron chi connectivity index (χ1n) is 4.89. The summed E-state index contributed by atoms with van der Waals surface area (Å²) in [5.74, 6) is -0.533. The number of hydrogen-bond acceptors (Lipinski definition) is 5. The first-order chi connectivity index (χ1) is 7.95. The molecule has 1 rings (SSSR count). The van der Waals surface area contributed by atoms with Crippen LogP contribution in [0, 0.1) is 13.8 Å². The molecule has 0 spiro atoms. The number of rotatable bonds is 4. The Kier molecular flexibility index (Phi) is 4.51. The second kappa shape index (κ2) is 5.67. The van der Waals surface area contributed by atoms with Crippen LogP contribution in [-0.4, -0.2) is 35.9 Å². The van der Waals surface area contributed by atoms with Crippen molar-refractivity contribution in [3.05, 3.63) is 17.3 Å². The number of nitrogens with one attached hydrogen (secondary N) is 1. The summed E-state index contributed by atoms with van der Waals surface area (Å²) in [7, 11) is 1.23. The summed E-state index contributed by atoms with van der Waals surface area (Å²) < 4.78 is 9.53. The van der Waals surface area contributed by atoms with Crippen molar-refractivity contribution in [1.29, 1.82) is 0 Å². The minimum atomic E-state index is -0.923. The van der Waals surface area contributed by atoms with E-state index in [0.717, 1.165) is 0 Å². The lowest BCUT2D eigenvalue weighted by Crippen LogP contribution is -2.34. The zero-order chi connectivity index (χ0) is 13.0. The van der Waals surface area contributed by atoms with Crippen molar-refractivity contribution >= 4 is 23.5 Å². The molecule has 1 aromatic heterocycles. The van der Waals surface area contributed by atoms with E-state index >= 15 is 0 Å². The molecule has 0 aromatic carbocycles. The number of alkyl halides is 1. The predicted octanol–water partition coefficient (Wildman–Crippen LogP) is 0.802. The second-order valence-electron chi connectivity index (χ2n) is 3.35. The summed E-state index contributed by atoms with van der Waals surface area (Å²) in [5, 5.41) is 1.54.